The van der Waals surface area contributed by atoms with Gasteiger partial charge in [0.2, 0.25) is 6.41 Å². The molecule has 0 aliphatic heterocycles. The van der Waals surface area contributed by atoms with Crippen molar-refractivity contribution in [1.29, 1.82) is 5.41 Å². The maximum Gasteiger partial charge on any atom is 0.211 e. The van der Waals surface area contributed by atoms with Gasteiger partial charge in [-0.2, -0.15) is 0 Å². The summed E-state index contributed by atoms with van der Waals surface area (Å²) in [6.07, 6.45) is 7.58. The van der Waals surface area contributed by atoms with Crippen LogP contribution in [-0.2, 0) is 4.79 Å². The Morgan fingerprint density at radius 2 is 2.08 bits per heavy atom. The third kappa shape index (κ3) is 5.43. The molecule has 0 bridgehead atoms. The van der Waals surface area contributed by atoms with Gasteiger partial charge in [-0.05, 0) is 62.3 Å². The van der Waals surface area contributed by atoms with Crippen LogP contribution in [0.4, 0.5) is 5.69 Å². The molecule has 1 fully saturated rings. The monoisotopic (exact) mass is 356 g/mol. The minimum atomic E-state index is 0.217. The summed E-state index contributed by atoms with van der Waals surface area (Å²) in [7, 11) is 2.03. The van der Waals surface area contributed by atoms with Crippen LogP contribution in [0.5, 0.6) is 0 Å². The Balaban J connectivity index is 0.000000342. The van der Waals surface area contributed by atoms with Gasteiger partial charge in [0.1, 0.15) is 0 Å². The molecule has 0 aromatic heterocycles. The Bertz CT molecular complexity index is 672. The second kappa shape index (κ2) is 8.99. The quantitative estimate of drug-likeness (QED) is 0.478. The molecule has 1 amide bonds. The average molecular weight is 357 g/mol. The van der Waals surface area contributed by atoms with Crippen molar-refractivity contribution in [1.82, 2.24) is 5.32 Å². The van der Waals surface area contributed by atoms with E-state index in [0.29, 0.717) is 17.8 Å². The van der Waals surface area contributed by atoms with Gasteiger partial charge in [-0.25, -0.2) is 0 Å². The first-order valence-electron chi connectivity index (χ1n) is 9.40. The van der Waals surface area contributed by atoms with Crippen LogP contribution in [-0.4, -0.2) is 25.2 Å². The molecule has 5 N–H and O–H groups in total. The molecule has 142 valence electrons. The van der Waals surface area contributed by atoms with Crippen LogP contribution in [0.2, 0.25) is 0 Å². The number of benzene rings is 1. The lowest BCUT2D eigenvalue weighted by atomic mass is 9.75. The highest BCUT2D eigenvalue weighted by Gasteiger charge is 2.27. The third-order valence-electron chi connectivity index (χ3n) is 5.30. The lowest BCUT2D eigenvalue weighted by molar-refractivity contribution is -0.105. The first-order valence-corrected chi connectivity index (χ1v) is 9.40. The summed E-state index contributed by atoms with van der Waals surface area (Å²) >= 11 is 0. The van der Waals surface area contributed by atoms with E-state index in [4.69, 9.17) is 11.1 Å². The summed E-state index contributed by atoms with van der Waals surface area (Å²) in [5.74, 6) is 0. The number of nitrogens with one attached hydrogen (secondary N) is 3. The molecular weight excluding hydrogens is 324 g/mol. The molecule has 1 saturated carbocycles. The number of amides is 1. The van der Waals surface area contributed by atoms with E-state index in [2.05, 4.69) is 24.5 Å². The number of hydrogen-bond donors (Lipinski definition) is 4. The molecule has 2 aliphatic rings. The van der Waals surface area contributed by atoms with E-state index in [9.17, 15) is 4.79 Å². The Morgan fingerprint density at radius 3 is 2.58 bits per heavy atom. The van der Waals surface area contributed by atoms with E-state index in [0.717, 1.165) is 42.1 Å². The number of hydrogen-bond acceptors (Lipinski definition) is 4. The highest BCUT2D eigenvalue weighted by atomic mass is 16.1. The number of allylic oxidation sites excluding steroid dienone is 2. The second-order valence-electron chi connectivity index (χ2n) is 7.98. The molecule has 0 saturated heterocycles. The molecule has 0 heterocycles. The molecule has 1 aromatic rings. The van der Waals surface area contributed by atoms with Crippen molar-refractivity contribution in [2.45, 2.75) is 58.4 Å². The molecule has 5 nitrogen and oxygen atoms in total. The van der Waals surface area contributed by atoms with Crippen molar-refractivity contribution in [3.63, 3.8) is 0 Å². The van der Waals surface area contributed by atoms with Gasteiger partial charge in [0.15, 0.2) is 0 Å². The predicted molar refractivity (Wildman–Crippen MR) is 109 cm³/mol. The van der Waals surface area contributed by atoms with Crippen molar-refractivity contribution < 1.29 is 4.79 Å². The zero-order chi connectivity index (χ0) is 19.2. The molecule has 0 radical (unpaired) electrons. The van der Waals surface area contributed by atoms with Crippen LogP contribution in [0.15, 0.2) is 35.5 Å². The minimum absolute atomic E-state index is 0.217. The summed E-state index contributed by atoms with van der Waals surface area (Å²) in [5.41, 5.74) is 10.1. The number of carbonyl (C=O) groups excluding carboxylic acids is 1. The third-order valence-corrected chi connectivity index (χ3v) is 5.30. The fourth-order valence-electron chi connectivity index (χ4n) is 3.32. The summed E-state index contributed by atoms with van der Waals surface area (Å²) in [4.78, 5) is 10.5. The zero-order valence-electron chi connectivity index (χ0n) is 16.2. The summed E-state index contributed by atoms with van der Waals surface area (Å²) in [6.45, 7) is 4.41. The van der Waals surface area contributed by atoms with Crippen LogP contribution in [0.1, 0.15) is 57.9 Å². The lowest BCUT2D eigenvalue weighted by Crippen LogP contribution is -2.31. The normalized spacial score (nSPS) is 19.0. The van der Waals surface area contributed by atoms with E-state index >= 15 is 0 Å². The average Bonchev–Trinajstić information content (AvgIpc) is 2.54. The predicted octanol–water partition coefficient (Wildman–Crippen LogP) is 3.80. The van der Waals surface area contributed by atoms with Gasteiger partial charge < -0.3 is 16.4 Å². The zero-order valence-corrected chi connectivity index (χ0v) is 16.2. The topological polar surface area (TPSA) is 91.0 Å². The smallest absolute Gasteiger partial charge is 0.211 e. The fraction of sp³-hybridized carbons (Fsp3) is 0.524. The molecule has 3 rings (SSSR count). The van der Waals surface area contributed by atoms with Crippen molar-refractivity contribution >= 4 is 17.8 Å². The maximum atomic E-state index is 10.5. The first-order chi connectivity index (χ1) is 12.4. The highest BCUT2D eigenvalue weighted by Crippen LogP contribution is 2.37. The van der Waals surface area contributed by atoms with Crippen LogP contribution < -0.4 is 16.4 Å². The summed E-state index contributed by atoms with van der Waals surface area (Å²) in [6, 6.07) is 8.17. The molecule has 0 unspecified atom stereocenters. The molecule has 5 heteroatoms. The minimum Gasteiger partial charge on any atom is -0.402 e. The standard InChI is InChI=1S/C16H21N3O.C5H11N/c1-16(2)7-6-13(14(17)9-16)15(18)11-4-3-5-12(8-11)19-10-20;1-6-5-3-2-4-5/h3-5,8,10,18H,6-7,9,17H2,1-2H3,(H,19,20);5-6H,2-4H2,1H3. The molecule has 2 aliphatic carbocycles. The Labute approximate surface area is 156 Å². The molecule has 0 spiro atoms. The van der Waals surface area contributed by atoms with Gasteiger partial charge in [-0.1, -0.05) is 32.4 Å². The van der Waals surface area contributed by atoms with Gasteiger partial charge >= 0.3 is 0 Å². The highest BCUT2D eigenvalue weighted by molar-refractivity contribution is 6.11. The number of anilines is 1. The number of rotatable bonds is 5. The van der Waals surface area contributed by atoms with Crippen LogP contribution in [0, 0.1) is 10.8 Å². The van der Waals surface area contributed by atoms with Gasteiger partial charge in [-0.3, -0.25) is 10.2 Å². The van der Waals surface area contributed by atoms with E-state index < -0.39 is 0 Å². The summed E-state index contributed by atoms with van der Waals surface area (Å²) < 4.78 is 0. The van der Waals surface area contributed by atoms with Crippen LogP contribution >= 0.6 is 0 Å². The Hall–Kier alpha value is -2.14. The van der Waals surface area contributed by atoms with Gasteiger partial charge in [0.05, 0.1) is 5.71 Å². The van der Waals surface area contributed by atoms with Gasteiger partial charge in [0, 0.05) is 23.0 Å². The SMILES string of the molecule is CC1(C)CCC(C(=N)c2cccc(NC=O)c2)=C(N)C1.CNC1CCC1. The molecule has 0 atom stereocenters. The summed E-state index contributed by atoms with van der Waals surface area (Å²) in [5, 5.41) is 14.2. The Morgan fingerprint density at radius 1 is 1.35 bits per heavy atom. The fourth-order valence-corrected chi connectivity index (χ4v) is 3.32. The van der Waals surface area contributed by atoms with Crippen molar-refractivity contribution in [3.8, 4) is 0 Å². The molecular formula is C21H32N4O. The number of nitrogens with two attached hydrogens (primary N) is 1. The van der Waals surface area contributed by atoms with Crippen molar-refractivity contribution in [3.05, 3.63) is 41.1 Å². The van der Waals surface area contributed by atoms with Gasteiger partial charge in [-0.15, -0.1) is 0 Å². The van der Waals surface area contributed by atoms with Crippen LogP contribution in [0.25, 0.3) is 0 Å². The molecule has 26 heavy (non-hydrogen) atoms. The van der Waals surface area contributed by atoms with Crippen molar-refractivity contribution in [2.75, 3.05) is 12.4 Å². The first kappa shape index (κ1) is 20.2. The van der Waals surface area contributed by atoms with E-state index in [1.165, 1.54) is 19.3 Å². The second-order valence-corrected chi connectivity index (χ2v) is 7.98. The maximum absolute atomic E-state index is 10.5. The Kier molecular flexibility index (Phi) is 6.98. The lowest BCUT2D eigenvalue weighted by Gasteiger charge is -2.31. The largest absolute Gasteiger partial charge is 0.402 e. The molecule has 1 aromatic carbocycles. The van der Waals surface area contributed by atoms with E-state index in [-0.39, 0.29) is 5.41 Å². The van der Waals surface area contributed by atoms with E-state index in [1.807, 2.05) is 19.2 Å². The van der Waals surface area contributed by atoms with Crippen LogP contribution in [0.3, 0.4) is 0 Å². The number of carbonyl (C=O) groups is 1. The van der Waals surface area contributed by atoms with E-state index in [1.54, 1.807) is 12.1 Å². The van der Waals surface area contributed by atoms with Gasteiger partial charge in [0.25, 0.3) is 0 Å². The van der Waals surface area contributed by atoms with Crippen molar-refractivity contribution in [2.24, 2.45) is 11.1 Å².